The molecular weight excluding hydrogens is 266 g/mol. The summed E-state index contributed by atoms with van der Waals surface area (Å²) in [6, 6.07) is 9.61. The summed E-state index contributed by atoms with van der Waals surface area (Å²) in [7, 11) is 0. The lowest BCUT2D eigenvalue weighted by Crippen LogP contribution is -2.56. The molecule has 1 aromatic rings. The number of benzene rings is 1. The highest BCUT2D eigenvalue weighted by atomic mass is 16.4. The molecule has 2 rings (SSSR count). The van der Waals surface area contributed by atoms with E-state index in [1.165, 1.54) is 0 Å². The van der Waals surface area contributed by atoms with Gasteiger partial charge in [0.2, 0.25) is 5.91 Å². The molecule has 1 aromatic carbocycles. The van der Waals surface area contributed by atoms with Crippen molar-refractivity contribution < 1.29 is 10.0 Å². The van der Waals surface area contributed by atoms with Gasteiger partial charge in [-0.15, -0.1) is 0 Å². The topological polar surface area (TPSA) is 87.7 Å². The Labute approximate surface area is 125 Å². The molecule has 0 spiro atoms. The highest BCUT2D eigenvalue weighted by Crippen LogP contribution is 2.34. The van der Waals surface area contributed by atoms with Crippen molar-refractivity contribution in [3.8, 4) is 0 Å². The van der Waals surface area contributed by atoms with E-state index in [1.54, 1.807) is 0 Å². The number of nitrogens with one attached hydrogen (secondary N) is 1. The molecule has 1 atom stereocenters. The molecular formula is C16H23N3O2. The molecule has 0 heterocycles. The van der Waals surface area contributed by atoms with Crippen molar-refractivity contribution >= 4 is 11.7 Å². The Kier molecular flexibility index (Phi) is 4.83. The van der Waals surface area contributed by atoms with Gasteiger partial charge in [-0.05, 0) is 37.7 Å². The summed E-state index contributed by atoms with van der Waals surface area (Å²) >= 11 is 0. The molecule has 1 fully saturated rings. The minimum Gasteiger partial charge on any atom is -0.409 e. The minimum atomic E-state index is -0.638. The third-order valence-electron chi connectivity index (χ3n) is 4.45. The van der Waals surface area contributed by atoms with E-state index in [2.05, 4.69) is 17.4 Å². The van der Waals surface area contributed by atoms with Crippen LogP contribution in [0.1, 0.15) is 38.2 Å². The van der Waals surface area contributed by atoms with E-state index in [-0.39, 0.29) is 17.3 Å². The molecule has 1 unspecified atom stereocenters. The van der Waals surface area contributed by atoms with Crippen LogP contribution in [0, 0.1) is 5.92 Å². The van der Waals surface area contributed by atoms with Crippen molar-refractivity contribution in [1.29, 1.82) is 0 Å². The van der Waals surface area contributed by atoms with Crippen molar-refractivity contribution in [3.63, 3.8) is 0 Å². The molecule has 0 bridgehead atoms. The molecule has 0 radical (unpaired) electrons. The van der Waals surface area contributed by atoms with Gasteiger partial charge >= 0.3 is 0 Å². The average molecular weight is 289 g/mol. The minimum absolute atomic E-state index is 0.0399. The second-order valence-electron chi connectivity index (χ2n) is 5.74. The van der Waals surface area contributed by atoms with E-state index in [4.69, 9.17) is 10.9 Å². The number of nitrogens with zero attached hydrogens (tertiary/aromatic N) is 1. The zero-order chi connectivity index (χ0) is 15.3. The SMILES string of the molecule is CCC1(NC(=O)C(Cc2ccccc2)/C(N)=N/O)CCC1. The summed E-state index contributed by atoms with van der Waals surface area (Å²) in [4.78, 5) is 12.5. The molecule has 0 aromatic heterocycles. The number of hydrogen-bond donors (Lipinski definition) is 3. The lowest BCUT2D eigenvalue weighted by molar-refractivity contribution is -0.126. The van der Waals surface area contributed by atoms with E-state index >= 15 is 0 Å². The number of carbonyl (C=O) groups excluding carboxylic acids is 1. The Bertz CT molecular complexity index is 504. The van der Waals surface area contributed by atoms with E-state index < -0.39 is 5.92 Å². The summed E-state index contributed by atoms with van der Waals surface area (Å²) in [5, 5.41) is 15.1. The van der Waals surface area contributed by atoms with Gasteiger partial charge in [0.25, 0.3) is 0 Å². The van der Waals surface area contributed by atoms with Crippen molar-refractivity contribution in [3.05, 3.63) is 35.9 Å². The fraction of sp³-hybridized carbons (Fsp3) is 0.500. The quantitative estimate of drug-likeness (QED) is 0.324. The molecule has 1 saturated carbocycles. The molecule has 1 aliphatic carbocycles. The molecule has 4 N–H and O–H groups in total. The van der Waals surface area contributed by atoms with E-state index in [0.29, 0.717) is 6.42 Å². The second-order valence-corrected chi connectivity index (χ2v) is 5.74. The van der Waals surface area contributed by atoms with Crippen LogP contribution >= 0.6 is 0 Å². The Morgan fingerprint density at radius 3 is 2.57 bits per heavy atom. The number of nitrogens with two attached hydrogens (primary N) is 1. The molecule has 5 nitrogen and oxygen atoms in total. The molecule has 1 aliphatic rings. The van der Waals surface area contributed by atoms with Gasteiger partial charge in [0.05, 0.1) is 0 Å². The molecule has 5 heteroatoms. The number of amidine groups is 1. The van der Waals surface area contributed by atoms with Crippen LogP contribution in [0.2, 0.25) is 0 Å². The first-order valence-corrected chi connectivity index (χ1v) is 7.43. The molecule has 21 heavy (non-hydrogen) atoms. The first kappa shape index (κ1) is 15.4. The van der Waals surface area contributed by atoms with Crippen LogP contribution in [-0.4, -0.2) is 22.5 Å². The first-order chi connectivity index (χ1) is 10.1. The van der Waals surface area contributed by atoms with Gasteiger partial charge in [-0.25, -0.2) is 0 Å². The van der Waals surface area contributed by atoms with Gasteiger partial charge in [0, 0.05) is 5.54 Å². The highest BCUT2D eigenvalue weighted by molar-refractivity contribution is 6.02. The van der Waals surface area contributed by atoms with Crippen LogP contribution < -0.4 is 11.1 Å². The summed E-state index contributed by atoms with van der Waals surface area (Å²) in [5.41, 5.74) is 6.62. The predicted octanol–water partition coefficient (Wildman–Crippen LogP) is 2.04. The maximum Gasteiger partial charge on any atom is 0.231 e. The highest BCUT2D eigenvalue weighted by Gasteiger charge is 2.38. The van der Waals surface area contributed by atoms with Gasteiger partial charge in [-0.2, -0.15) is 0 Å². The maximum absolute atomic E-state index is 12.5. The molecule has 0 saturated heterocycles. The standard InChI is InChI=1S/C16H23N3O2/c1-2-16(9-6-10-16)18-15(20)13(14(17)19-21)11-12-7-4-3-5-8-12/h3-5,7-8,13,21H,2,6,9-11H2,1H3,(H2,17,19)(H,18,20). The van der Waals surface area contributed by atoms with Gasteiger partial charge in [0.1, 0.15) is 5.92 Å². The Hall–Kier alpha value is -2.04. The largest absolute Gasteiger partial charge is 0.409 e. The number of oxime groups is 1. The number of hydrogen-bond acceptors (Lipinski definition) is 3. The van der Waals surface area contributed by atoms with Crippen LogP contribution in [-0.2, 0) is 11.2 Å². The zero-order valence-electron chi connectivity index (χ0n) is 12.4. The van der Waals surface area contributed by atoms with Gasteiger partial charge < -0.3 is 16.3 Å². The molecule has 114 valence electrons. The van der Waals surface area contributed by atoms with Crippen molar-refractivity contribution in [2.75, 3.05) is 0 Å². The van der Waals surface area contributed by atoms with Crippen molar-refractivity contribution in [2.24, 2.45) is 16.8 Å². The lowest BCUT2D eigenvalue weighted by atomic mass is 9.74. The summed E-state index contributed by atoms with van der Waals surface area (Å²) in [6.45, 7) is 2.08. The number of amides is 1. The Morgan fingerprint density at radius 2 is 2.10 bits per heavy atom. The predicted molar refractivity (Wildman–Crippen MR) is 82.1 cm³/mol. The van der Waals surface area contributed by atoms with Crippen LogP contribution in [0.5, 0.6) is 0 Å². The Morgan fingerprint density at radius 1 is 1.43 bits per heavy atom. The fourth-order valence-electron chi connectivity index (χ4n) is 2.77. The van der Waals surface area contributed by atoms with Crippen molar-refractivity contribution in [1.82, 2.24) is 5.32 Å². The van der Waals surface area contributed by atoms with Crippen LogP contribution in [0.4, 0.5) is 0 Å². The lowest BCUT2D eigenvalue weighted by Gasteiger charge is -2.42. The summed E-state index contributed by atoms with van der Waals surface area (Å²) < 4.78 is 0. The van der Waals surface area contributed by atoms with E-state index in [9.17, 15) is 4.79 Å². The zero-order valence-corrected chi connectivity index (χ0v) is 12.4. The van der Waals surface area contributed by atoms with Crippen LogP contribution in [0.15, 0.2) is 35.5 Å². The van der Waals surface area contributed by atoms with Gasteiger partial charge in [-0.1, -0.05) is 42.4 Å². The third-order valence-corrected chi connectivity index (χ3v) is 4.45. The smallest absolute Gasteiger partial charge is 0.231 e. The van der Waals surface area contributed by atoms with E-state index in [0.717, 1.165) is 31.2 Å². The second kappa shape index (κ2) is 6.61. The Balaban J connectivity index is 2.10. The normalized spacial score (nSPS) is 18.6. The van der Waals surface area contributed by atoms with Crippen LogP contribution in [0.3, 0.4) is 0 Å². The monoisotopic (exact) mass is 289 g/mol. The fourth-order valence-corrected chi connectivity index (χ4v) is 2.77. The first-order valence-electron chi connectivity index (χ1n) is 7.43. The summed E-state index contributed by atoms with van der Waals surface area (Å²) in [6.07, 6.45) is 4.49. The summed E-state index contributed by atoms with van der Waals surface area (Å²) in [5.74, 6) is -0.834. The molecule has 1 amide bonds. The number of rotatable bonds is 6. The number of carbonyl (C=O) groups is 1. The third kappa shape index (κ3) is 3.54. The van der Waals surface area contributed by atoms with Crippen LogP contribution in [0.25, 0.3) is 0 Å². The van der Waals surface area contributed by atoms with Gasteiger partial charge in [0.15, 0.2) is 5.84 Å². The van der Waals surface area contributed by atoms with E-state index in [1.807, 2.05) is 30.3 Å². The van der Waals surface area contributed by atoms with Gasteiger partial charge in [-0.3, -0.25) is 4.79 Å². The molecule has 0 aliphatic heterocycles. The van der Waals surface area contributed by atoms with Crippen molar-refractivity contribution in [2.45, 2.75) is 44.6 Å². The average Bonchev–Trinajstić information content (AvgIpc) is 2.48. The maximum atomic E-state index is 12.5.